The Morgan fingerprint density at radius 2 is 2.32 bits per heavy atom. The fourth-order valence-corrected chi connectivity index (χ4v) is 3.03. The molecule has 11 heteroatoms. The maximum atomic E-state index is 12.1. The third-order valence-electron chi connectivity index (χ3n) is 4.23. The van der Waals surface area contributed by atoms with Gasteiger partial charge in [-0.25, -0.2) is 4.79 Å². The molecule has 0 spiro atoms. The number of rotatable bonds is 6. The molecule has 0 aromatic rings. The lowest BCUT2D eigenvalue weighted by atomic mass is 9.91. The van der Waals surface area contributed by atoms with E-state index in [0.717, 1.165) is 7.11 Å². The molecule has 0 aromatic carbocycles. The molecule has 0 radical (unpaired) electrons. The number of likely N-dealkylation sites (tertiary alicyclic amines) is 1. The van der Waals surface area contributed by atoms with Gasteiger partial charge in [0, 0.05) is 17.9 Å². The summed E-state index contributed by atoms with van der Waals surface area (Å²) in [6.45, 7) is -0.407. The maximum Gasteiger partial charge on any atom is 0.372 e. The van der Waals surface area contributed by atoms with Crippen molar-refractivity contribution < 1.29 is 34.4 Å². The van der Waals surface area contributed by atoms with Gasteiger partial charge in [-0.3, -0.25) is 4.79 Å². The number of azide groups is 1. The van der Waals surface area contributed by atoms with Crippen molar-refractivity contribution in [2.45, 2.75) is 43.2 Å². The number of aliphatic hydroxyl groups excluding tert-OH is 3. The second kappa shape index (κ2) is 8.17. The molecule has 138 valence electrons. The minimum absolute atomic E-state index is 0.225. The van der Waals surface area contributed by atoms with Crippen LogP contribution in [0.5, 0.6) is 0 Å². The highest BCUT2D eigenvalue weighted by molar-refractivity contribution is 5.86. The van der Waals surface area contributed by atoms with Gasteiger partial charge in [0.1, 0.15) is 18.3 Å². The summed E-state index contributed by atoms with van der Waals surface area (Å²) in [4.78, 5) is 28.0. The molecule has 11 nitrogen and oxygen atoms in total. The summed E-state index contributed by atoms with van der Waals surface area (Å²) in [6.07, 6.45) is -2.41. The smallest absolute Gasteiger partial charge is 0.372 e. The molecule has 0 unspecified atom stereocenters. The van der Waals surface area contributed by atoms with Crippen LogP contribution in [0.25, 0.3) is 10.4 Å². The van der Waals surface area contributed by atoms with Crippen LogP contribution < -0.4 is 0 Å². The number of esters is 1. The van der Waals surface area contributed by atoms with Crippen LogP contribution in [0.3, 0.4) is 0 Å². The van der Waals surface area contributed by atoms with E-state index in [4.69, 9.17) is 15.4 Å². The molecule has 1 fully saturated rings. The number of hydrogen-bond acceptors (Lipinski definition) is 8. The van der Waals surface area contributed by atoms with Crippen LogP contribution in [-0.4, -0.2) is 82.8 Å². The van der Waals surface area contributed by atoms with Crippen molar-refractivity contribution in [3.63, 3.8) is 0 Å². The van der Waals surface area contributed by atoms with Crippen molar-refractivity contribution in [2.24, 2.45) is 5.11 Å². The van der Waals surface area contributed by atoms with Gasteiger partial charge in [0.25, 0.3) is 0 Å². The first-order valence-electron chi connectivity index (χ1n) is 7.72. The van der Waals surface area contributed by atoms with Crippen molar-refractivity contribution in [1.82, 2.24) is 4.90 Å². The number of methoxy groups -OCH3 is 1. The average molecular weight is 356 g/mol. The summed E-state index contributed by atoms with van der Waals surface area (Å²) in [5.74, 6) is -1.39. The summed E-state index contributed by atoms with van der Waals surface area (Å²) in [5, 5.41) is 32.8. The number of carbonyl (C=O) groups excluding carboxylic acids is 2. The van der Waals surface area contributed by atoms with Gasteiger partial charge in [0.15, 0.2) is 0 Å². The highest BCUT2D eigenvalue weighted by Gasteiger charge is 2.47. The molecule has 25 heavy (non-hydrogen) atoms. The molecule has 2 heterocycles. The summed E-state index contributed by atoms with van der Waals surface area (Å²) < 4.78 is 10.0. The van der Waals surface area contributed by atoms with Crippen LogP contribution in [0.1, 0.15) is 12.8 Å². The van der Waals surface area contributed by atoms with Gasteiger partial charge < -0.3 is 29.7 Å². The zero-order valence-corrected chi connectivity index (χ0v) is 13.6. The van der Waals surface area contributed by atoms with Crippen molar-refractivity contribution in [3.05, 3.63) is 22.3 Å². The number of ether oxygens (including phenoxy) is 2. The van der Waals surface area contributed by atoms with Gasteiger partial charge in [-0.1, -0.05) is 5.11 Å². The highest BCUT2D eigenvalue weighted by Crippen LogP contribution is 2.31. The standard InChI is InChI=1S/C14H20N4O7/c1-24-14(23)9-5-7(16-17-15)11(18-4-2-3-10(18)21)13(25-9)12(22)8(20)6-19/h5,7-8,11-13,19-20,22H,2-4,6H2,1H3/t7-,8+,11+,12+,13+/m0/s1. The van der Waals surface area contributed by atoms with Crippen molar-refractivity contribution in [1.29, 1.82) is 0 Å². The largest absolute Gasteiger partial charge is 0.478 e. The first kappa shape index (κ1) is 19.0. The zero-order valence-electron chi connectivity index (χ0n) is 13.6. The van der Waals surface area contributed by atoms with Gasteiger partial charge in [0.2, 0.25) is 11.7 Å². The molecule has 2 aliphatic heterocycles. The second-order valence-corrected chi connectivity index (χ2v) is 5.72. The lowest BCUT2D eigenvalue weighted by molar-refractivity contribution is -0.155. The monoisotopic (exact) mass is 356 g/mol. The fraction of sp³-hybridized carbons (Fsp3) is 0.714. The van der Waals surface area contributed by atoms with E-state index in [1.165, 1.54) is 11.0 Å². The summed E-state index contributed by atoms with van der Waals surface area (Å²) >= 11 is 0. The molecule has 0 aliphatic carbocycles. The topological polar surface area (TPSA) is 165 Å². The third-order valence-corrected chi connectivity index (χ3v) is 4.23. The molecule has 1 amide bonds. The molecule has 0 bridgehead atoms. The van der Waals surface area contributed by atoms with Gasteiger partial charge in [-0.2, -0.15) is 0 Å². The van der Waals surface area contributed by atoms with Crippen LogP contribution in [0.15, 0.2) is 16.9 Å². The van der Waals surface area contributed by atoms with Crippen molar-refractivity contribution >= 4 is 11.9 Å². The van der Waals surface area contributed by atoms with Gasteiger partial charge in [0.05, 0.1) is 25.8 Å². The average Bonchev–Trinajstić information content (AvgIpc) is 3.04. The SMILES string of the molecule is COC(=O)C1=C[C@H](N=[N+]=[N-])[C@@H](N2CCCC2=O)[C@H]([C@H](O)[C@H](O)CO)O1. The Labute approximate surface area is 143 Å². The Bertz CT molecular complexity index is 604. The number of nitrogens with zero attached hydrogens (tertiary/aromatic N) is 4. The van der Waals surface area contributed by atoms with Gasteiger partial charge >= 0.3 is 5.97 Å². The molecule has 2 rings (SSSR count). The minimum Gasteiger partial charge on any atom is -0.478 e. The molecular formula is C14H20N4O7. The van der Waals surface area contributed by atoms with E-state index < -0.39 is 43.0 Å². The van der Waals surface area contributed by atoms with E-state index >= 15 is 0 Å². The zero-order chi connectivity index (χ0) is 18.6. The fourth-order valence-electron chi connectivity index (χ4n) is 3.03. The number of hydrogen-bond donors (Lipinski definition) is 3. The summed E-state index contributed by atoms with van der Waals surface area (Å²) in [6, 6.07) is -1.95. The van der Waals surface area contributed by atoms with Crippen molar-refractivity contribution in [3.8, 4) is 0 Å². The number of amides is 1. The van der Waals surface area contributed by atoms with E-state index in [0.29, 0.717) is 19.4 Å². The number of carbonyl (C=O) groups is 2. The Hall–Kier alpha value is -2.33. The van der Waals surface area contributed by atoms with Crippen molar-refractivity contribution in [2.75, 3.05) is 20.3 Å². The molecule has 3 N–H and O–H groups in total. The Balaban J connectivity index is 2.46. The summed E-state index contributed by atoms with van der Waals surface area (Å²) in [5.41, 5.74) is 8.82. The second-order valence-electron chi connectivity index (χ2n) is 5.72. The first-order valence-corrected chi connectivity index (χ1v) is 7.72. The van der Waals surface area contributed by atoms with Crippen LogP contribution >= 0.6 is 0 Å². The predicted octanol–water partition coefficient (Wildman–Crippen LogP) is -1.17. The quantitative estimate of drug-likeness (QED) is 0.233. The summed E-state index contributed by atoms with van der Waals surface area (Å²) in [7, 11) is 1.12. The van der Waals surface area contributed by atoms with E-state index in [-0.39, 0.29) is 11.7 Å². The molecule has 0 saturated carbocycles. The lowest BCUT2D eigenvalue weighted by Crippen LogP contribution is -2.60. The van der Waals surface area contributed by atoms with E-state index in [2.05, 4.69) is 14.8 Å². The Kier molecular flexibility index (Phi) is 6.21. The minimum atomic E-state index is -1.63. The van der Waals surface area contributed by atoms with E-state index in [1.54, 1.807) is 0 Å². The van der Waals surface area contributed by atoms with Crippen LogP contribution in [0, 0.1) is 0 Å². The molecule has 0 aromatic heterocycles. The highest BCUT2D eigenvalue weighted by atomic mass is 16.6. The van der Waals surface area contributed by atoms with Crippen LogP contribution in [0.4, 0.5) is 0 Å². The van der Waals surface area contributed by atoms with Gasteiger partial charge in [-0.05, 0) is 18.0 Å². The third kappa shape index (κ3) is 3.85. The van der Waals surface area contributed by atoms with E-state index in [1.807, 2.05) is 0 Å². The Morgan fingerprint density at radius 3 is 2.84 bits per heavy atom. The molecular weight excluding hydrogens is 336 g/mol. The molecule has 5 atom stereocenters. The van der Waals surface area contributed by atoms with Crippen LogP contribution in [0.2, 0.25) is 0 Å². The lowest BCUT2D eigenvalue weighted by Gasteiger charge is -2.42. The van der Waals surface area contributed by atoms with Gasteiger partial charge in [-0.15, -0.1) is 0 Å². The Morgan fingerprint density at radius 1 is 1.60 bits per heavy atom. The first-order chi connectivity index (χ1) is 11.9. The van der Waals surface area contributed by atoms with Crippen LogP contribution in [-0.2, 0) is 19.1 Å². The predicted molar refractivity (Wildman–Crippen MR) is 81.7 cm³/mol. The van der Waals surface area contributed by atoms with E-state index in [9.17, 15) is 19.8 Å². The molecule has 1 saturated heterocycles. The maximum absolute atomic E-state index is 12.1. The normalized spacial score (nSPS) is 28.5. The number of aliphatic hydroxyl groups is 3. The molecule has 2 aliphatic rings.